The number of nitrogens with one attached hydrogen (secondary N) is 2. The average molecular weight is 292 g/mol. The Morgan fingerprint density at radius 1 is 1.24 bits per heavy atom. The number of aliphatic hydroxyl groups excluding tert-OH is 1. The first-order valence-corrected chi connectivity index (χ1v) is 6.66. The van der Waals surface area contributed by atoms with Gasteiger partial charge in [-0.3, -0.25) is 4.79 Å². The molecule has 1 aromatic carbocycles. The standard InChI is InChI=1S/C15H20N2O4/c1-12(18)7-8-14(19)16-9-10-17-15(20)21-11-13-5-3-2-4-6-13/h2-8,12,18H,9-11H2,1H3,(H,16,19)(H,17,20)/b8-7+. The van der Waals surface area contributed by atoms with E-state index in [1.54, 1.807) is 6.92 Å². The summed E-state index contributed by atoms with van der Waals surface area (Å²) in [5.74, 6) is -0.324. The summed E-state index contributed by atoms with van der Waals surface area (Å²) in [6.45, 7) is 2.30. The van der Waals surface area contributed by atoms with E-state index in [-0.39, 0.29) is 25.6 Å². The predicted octanol–water partition coefficient (Wildman–Crippen LogP) is 0.966. The van der Waals surface area contributed by atoms with Gasteiger partial charge in [-0.15, -0.1) is 0 Å². The largest absolute Gasteiger partial charge is 0.445 e. The SMILES string of the molecule is CC(O)/C=C/C(=O)NCCNC(=O)OCc1ccccc1. The second-order valence-corrected chi connectivity index (χ2v) is 4.38. The molecule has 1 aromatic rings. The van der Waals surface area contributed by atoms with Gasteiger partial charge in [0, 0.05) is 19.2 Å². The van der Waals surface area contributed by atoms with Crippen molar-refractivity contribution < 1.29 is 19.4 Å². The zero-order valence-electron chi connectivity index (χ0n) is 11.9. The number of ether oxygens (including phenoxy) is 1. The van der Waals surface area contributed by atoms with Gasteiger partial charge in [-0.05, 0) is 12.5 Å². The van der Waals surface area contributed by atoms with Crippen LogP contribution in [0.5, 0.6) is 0 Å². The van der Waals surface area contributed by atoms with Crippen LogP contribution in [0, 0.1) is 0 Å². The molecule has 3 N–H and O–H groups in total. The molecule has 1 unspecified atom stereocenters. The van der Waals surface area contributed by atoms with E-state index in [0.29, 0.717) is 0 Å². The van der Waals surface area contributed by atoms with E-state index in [1.165, 1.54) is 12.2 Å². The van der Waals surface area contributed by atoms with Crippen LogP contribution in [0.15, 0.2) is 42.5 Å². The topological polar surface area (TPSA) is 87.7 Å². The third kappa shape index (κ3) is 8.43. The Morgan fingerprint density at radius 3 is 2.57 bits per heavy atom. The lowest BCUT2D eigenvalue weighted by molar-refractivity contribution is -0.116. The number of hydrogen-bond donors (Lipinski definition) is 3. The van der Waals surface area contributed by atoms with Gasteiger partial charge in [0.15, 0.2) is 0 Å². The highest BCUT2D eigenvalue weighted by Crippen LogP contribution is 2.00. The van der Waals surface area contributed by atoms with Crippen LogP contribution in [0.3, 0.4) is 0 Å². The molecule has 1 atom stereocenters. The molecule has 0 heterocycles. The fourth-order valence-corrected chi connectivity index (χ4v) is 1.41. The van der Waals surface area contributed by atoms with Crippen LogP contribution in [0.2, 0.25) is 0 Å². The summed E-state index contributed by atoms with van der Waals surface area (Å²) in [5, 5.41) is 14.0. The maximum absolute atomic E-state index is 11.4. The summed E-state index contributed by atoms with van der Waals surface area (Å²) >= 11 is 0. The number of carbonyl (C=O) groups excluding carboxylic acids is 2. The average Bonchev–Trinajstić information content (AvgIpc) is 2.48. The van der Waals surface area contributed by atoms with Crippen molar-refractivity contribution in [3.8, 4) is 0 Å². The third-order valence-electron chi connectivity index (χ3n) is 2.43. The summed E-state index contributed by atoms with van der Waals surface area (Å²) in [6.07, 6.45) is 1.42. The van der Waals surface area contributed by atoms with Crippen LogP contribution in [0.1, 0.15) is 12.5 Å². The molecule has 21 heavy (non-hydrogen) atoms. The second kappa shape index (κ2) is 9.55. The van der Waals surface area contributed by atoms with Crippen LogP contribution in [-0.2, 0) is 16.1 Å². The summed E-state index contributed by atoms with van der Waals surface area (Å²) in [4.78, 5) is 22.6. The van der Waals surface area contributed by atoms with Crippen molar-refractivity contribution in [2.75, 3.05) is 13.1 Å². The number of hydrogen-bond acceptors (Lipinski definition) is 4. The molecule has 0 fully saturated rings. The first-order chi connectivity index (χ1) is 10.1. The lowest BCUT2D eigenvalue weighted by Crippen LogP contribution is -2.34. The Labute approximate surface area is 123 Å². The van der Waals surface area contributed by atoms with Crippen LogP contribution in [0.25, 0.3) is 0 Å². The first-order valence-electron chi connectivity index (χ1n) is 6.66. The van der Waals surface area contributed by atoms with Crippen LogP contribution < -0.4 is 10.6 Å². The lowest BCUT2D eigenvalue weighted by Gasteiger charge is -2.07. The molecule has 6 heteroatoms. The predicted molar refractivity (Wildman–Crippen MR) is 78.5 cm³/mol. The fourth-order valence-electron chi connectivity index (χ4n) is 1.41. The molecule has 6 nitrogen and oxygen atoms in total. The summed E-state index contributed by atoms with van der Waals surface area (Å²) < 4.78 is 5.00. The molecule has 0 aliphatic rings. The molecule has 114 valence electrons. The Bertz CT molecular complexity index is 472. The maximum atomic E-state index is 11.4. The van der Waals surface area contributed by atoms with E-state index in [2.05, 4.69) is 10.6 Å². The van der Waals surface area contributed by atoms with Crippen molar-refractivity contribution in [3.63, 3.8) is 0 Å². The van der Waals surface area contributed by atoms with E-state index in [9.17, 15) is 9.59 Å². The smallest absolute Gasteiger partial charge is 0.407 e. The molecule has 0 saturated carbocycles. The molecular weight excluding hydrogens is 272 g/mol. The Kier molecular flexibility index (Phi) is 7.60. The second-order valence-electron chi connectivity index (χ2n) is 4.38. The van der Waals surface area contributed by atoms with Crippen LogP contribution in [0.4, 0.5) is 4.79 Å². The summed E-state index contributed by atoms with van der Waals surface area (Å²) in [6, 6.07) is 9.35. The van der Waals surface area contributed by atoms with Gasteiger partial charge in [0.1, 0.15) is 6.61 Å². The van der Waals surface area contributed by atoms with Gasteiger partial charge < -0.3 is 20.5 Å². The third-order valence-corrected chi connectivity index (χ3v) is 2.43. The van der Waals surface area contributed by atoms with Crippen molar-refractivity contribution in [2.24, 2.45) is 0 Å². The van der Waals surface area contributed by atoms with Gasteiger partial charge in [0.05, 0.1) is 6.10 Å². The van der Waals surface area contributed by atoms with Gasteiger partial charge >= 0.3 is 6.09 Å². The molecule has 0 bridgehead atoms. The lowest BCUT2D eigenvalue weighted by atomic mass is 10.2. The van der Waals surface area contributed by atoms with Gasteiger partial charge in [-0.2, -0.15) is 0 Å². The molecule has 0 radical (unpaired) electrons. The van der Waals surface area contributed by atoms with Crippen molar-refractivity contribution in [1.29, 1.82) is 0 Å². The van der Waals surface area contributed by atoms with E-state index in [0.717, 1.165) is 5.56 Å². The molecule has 0 saturated heterocycles. The normalized spacial score (nSPS) is 11.9. The zero-order valence-corrected chi connectivity index (χ0v) is 11.9. The highest BCUT2D eigenvalue weighted by Gasteiger charge is 2.02. The Hall–Kier alpha value is -2.34. The number of rotatable bonds is 7. The highest BCUT2D eigenvalue weighted by molar-refractivity contribution is 5.87. The molecule has 2 amide bonds. The fraction of sp³-hybridized carbons (Fsp3) is 0.333. The highest BCUT2D eigenvalue weighted by atomic mass is 16.5. The number of carbonyl (C=O) groups is 2. The first kappa shape index (κ1) is 16.7. The molecule has 0 aliphatic heterocycles. The minimum absolute atomic E-state index is 0.205. The number of amides is 2. The van der Waals surface area contributed by atoms with Crippen molar-refractivity contribution in [1.82, 2.24) is 10.6 Å². The molecular formula is C15H20N2O4. The van der Waals surface area contributed by atoms with Crippen LogP contribution >= 0.6 is 0 Å². The molecule has 0 aromatic heterocycles. The maximum Gasteiger partial charge on any atom is 0.407 e. The minimum Gasteiger partial charge on any atom is -0.445 e. The molecule has 1 rings (SSSR count). The monoisotopic (exact) mass is 292 g/mol. The Balaban J connectivity index is 2.10. The summed E-state index contributed by atoms with van der Waals surface area (Å²) in [7, 11) is 0. The van der Waals surface area contributed by atoms with E-state index >= 15 is 0 Å². The zero-order chi connectivity index (χ0) is 15.5. The summed E-state index contributed by atoms with van der Waals surface area (Å²) in [5.41, 5.74) is 0.907. The van der Waals surface area contributed by atoms with Gasteiger partial charge in [0.25, 0.3) is 0 Å². The minimum atomic E-state index is -0.665. The number of alkyl carbamates (subject to hydrolysis) is 1. The van der Waals surface area contributed by atoms with Crippen molar-refractivity contribution in [2.45, 2.75) is 19.6 Å². The van der Waals surface area contributed by atoms with E-state index in [4.69, 9.17) is 9.84 Å². The number of benzene rings is 1. The molecule has 0 spiro atoms. The molecule has 0 aliphatic carbocycles. The quantitative estimate of drug-likeness (QED) is 0.516. The van der Waals surface area contributed by atoms with Gasteiger partial charge in [-0.25, -0.2) is 4.79 Å². The van der Waals surface area contributed by atoms with Gasteiger partial charge in [-0.1, -0.05) is 36.4 Å². The Morgan fingerprint density at radius 2 is 1.90 bits per heavy atom. The van der Waals surface area contributed by atoms with E-state index < -0.39 is 12.2 Å². The van der Waals surface area contributed by atoms with Crippen molar-refractivity contribution in [3.05, 3.63) is 48.0 Å². The number of aliphatic hydroxyl groups is 1. The van der Waals surface area contributed by atoms with Gasteiger partial charge in [0.2, 0.25) is 5.91 Å². The van der Waals surface area contributed by atoms with E-state index in [1.807, 2.05) is 30.3 Å². The van der Waals surface area contributed by atoms with Crippen LogP contribution in [-0.4, -0.2) is 36.3 Å². The van der Waals surface area contributed by atoms with Crippen molar-refractivity contribution >= 4 is 12.0 Å².